The molecule has 0 atom stereocenters. The molecule has 5 heteroatoms. The average molecular weight is 383 g/mol. The monoisotopic (exact) mass is 382 g/mol. The SMILES string of the molecule is Cc1cccc(NCN2C(=O)/C(=C\c3ccc(C(C)C)cc3)SC2=S)c1. The zero-order valence-corrected chi connectivity index (χ0v) is 16.8. The van der Waals surface area contributed by atoms with Crippen LogP contribution in [0.5, 0.6) is 0 Å². The maximum Gasteiger partial charge on any atom is 0.267 e. The summed E-state index contributed by atoms with van der Waals surface area (Å²) >= 11 is 6.75. The van der Waals surface area contributed by atoms with Crippen molar-refractivity contribution in [2.75, 3.05) is 12.0 Å². The highest BCUT2D eigenvalue weighted by atomic mass is 32.2. The first-order valence-electron chi connectivity index (χ1n) is 8.60. The van der Waals surface area contributed by atoms with Crippen molar-refractivity contribution in [3.63, 3.8) is 0 Å². The smallest absolute Gasteiger partial charge is 0.267 e. The van der Waals surface area contributed by atoms with Crippen LogP contribution in [0.1, 0.15) is 36.5 Å². The fourth-order valence-electron chi connectivity index (χ4n) is 2.69. The molecule has 1 amide bonds. The van der Waals surface area contributed by atoms with Gasteiger partial charge in [0.25, 0.3) is 5.91 Å². The number of nitrogens with zero attached hydrogens (tertiary/aromatic N) is 1. The van der Waals surface area contributed by atoms with Gasteiger partial charge in [0.15, 0.2) is 0 Å². The molecule has 0 aromatic heterocycles. The van der Waals surface area contributed by atoms with Crippen LogP contribution < -0.4 is 5.32 Å². The van der Waals surface area contributed by atoms with Crippen molar-refractivity contribution >= 4 is 46.0 Å². The van der Waals surface area contributed by atoms with Crippen molar-refractivity contribution in [3.8, 4) is 0 Å². The number of benzene rings is 2. The first kappa shape index (κ1) is 18.7. The Kier molecular flexibility index (Phi) is 5.79. The molecule has 0 saturated carbocycles. The van der Waals surface area contributed by atoms with Gasteiger partial charge in [-0.25, -0.2) is 0 Å². The van der Waals surface area contributed by atoms with Crippen LogP contribution in [-0.2, 0) is 4.79 Å². The summed E-state index contributed by atoms with van der Waals surface area (Å²) in [6.45, 7) is 6.75. The Morgan fingerprint density at radius 3 is 2.58 bits per heavy atom. The van der Waals surface area contributed by atoms with Gasteiger partial charge >= 0.3 is 0 Å². The van der Waals surface area contributed by atoms with E-state index in [-0.39, 0.29) is 5.91 Å². The van der Waals surface area contributed by atoms with Crippen molar-refractivity contribution in [2.24, 2.45) is 0 Å². The van der Waals surface area contributed by atoms with Crippen LogP contribution in [0.3, 0.4) is 0 Å². The molecular weight excluding hydrogens is 360 g/mol. The van der Waals surface area contributed by atoms with E-state index in [0.717, 1.165) is 11.3 Å². The van der Waals surface area contributed by atoms with E-state index in [1.54, 1.807) is 4.90 Å². The molecule has 2 aromatic rings. The summed E-state index contributed by atoms with van der Waals surface area (Å²) in [6, 6.07) is 16.4. The van der Waals surface area contributed by atoms with Gasteiger partial charge in [-0.05, 0) is 47.7 Å². The molecule has 134 valence electrons. The maximum absolute atomic E-state index is 12.7. The van der Waals surface area contributed by atoms with Gasteiger partial charge in [0, 0.05) is 5.69 Å². The standard InChI is InChI=1S/C21H22N2OS2/c1-14(2)17-9-7-16(8-10-17)12-19-20(24)23(21(25)26-19)13-22-18-6-4-5-15(3)11-18/h4-12,14,22H,13H2,1-3H3/b19-12+. The molecule has 1 aliphatic rings. The zero-order valence-electron chi connectivity index (χ0n) is 15.2. The Morgan fingerprint density at radius 1 is 1.19 bits per heavy atom. The molecule has 3 nitrogen and oxygen atoms in total. The Hall–Kier alpha value is -2.11. The van der Waals surface area contributed by atoms with Crippen molar-refractivity contribution in [2.45, 2.75) is 26.7 Å². The number of thiocarbonyl (C=S) groups is 1. The van der Waals surface area contributed by atoms with Gasteiger partial charge < -0.3 is 5.32 Å². The number of anilines is 1. The van der Waals surface area contributed by atoms with Crippen LogP contribution in [0.4, 0.5) is 5.69 Å². The van der Waals surface area contributed by atoms with Crippen molar-refractivity contribution < 1.29 is 4.79 Å². The first-order chi connectivity index (χ1) is 12.4. The third kappa shape index (κ3) is 4.34. The molecule has 1 N–H and O–H groups in total. The molecule has 0 radical (unpaired) electrons. The Balaban J connectivity index is 1.69. The lowest BCUT2D eigenvalue weighted by molar-refractivity contribution is -0.121. The number of carbonyl (C=O) groups excluding carboxylic acids is 1. The zero-order chi connectivity index (χ0) is 18.7. The lowest BCUT2D eigenvalue weighted by atomic mass is 10.0. The first-order valence-corrected chi connectivity index (χ1v) is 9.82. The van der Waals surface area contributed by atoms with Gasteiger partial charge in [0.05, 0.1) is 11.6 Å². The third-order valence-electron chi connectivity index (χ3n) is 4.23. The van der Waals surface area contributed by atoms with E-state index in [2.05, 4.69) is 31.3 Å². The Bertz CT molecular complexity index is 857. The molecule has 0 bridgehead atoms. The third-order valence-corrected chi connectivity index (χ3v) is 5.61. The topological polar surface area (TPSA) is 32.3 Å². The van der Waals surface area contributed by atoms with Crippen molar-refractivity contribution in [3.05, 3.63) is 70.1 Å². The second-order valence-electron chi connectivity index (χ2n) is 6.64. The van der Waals surface area contributed by atoms with Crippen molar-refractivity contribution in [1.82, 2.24) is 4.90 Å². The summed E-state index contributed by atoms with van der Waals surface area (Å²) in [5.74, 6) is 0.447. The molecule has 1 fully saturated rings. The summed E-state index contributed by atoms with van der Waals surface area (Å²) in [6.07, 6.45) is 1.91. The fraction of sp³-hybridized carbons (Fsp3) is 0.238. The molecule has 0 aliphatic carbocycles. The summed E-state index contributed by atoms with van der Waals surface area (Å²) < 4.78 is 0.584. The molecule has 1 heterocycles. The van der Waals surface area contributed by atoms with Crippen LogP contribution in [0.15, 0.2) is 53.4 Å². The van der Waals surface area contributed by atoms with E-state index in [4.69, 9.17) is 12.2 Å². The lowest BCUT2D eigenvalue weighted by Gasteiger charge is -2.16. The Labute approximate surface area is 164 Å². The van der Waals surface area contributed by atoms with Crippen molar-refractivity contribution in [1.29, 1.82) is 0 Å². The molecule has 1 saturated heterocycles. The number of amides is 1. The summed E-state index contributed by atoms with van der Waals surface area (Å²) in [7, 11) is 0. The minimum Gasteiger partial charge on any atom is -0.367 e. The average Bonchev–Trinajstić information content (AvgIpc) is 2.87. The van der Waals surface area contributed by atoms with Crippen LogP contribution >= 0.6 is 24.0 Å². The normalized spacial score (nSPS) is 16.0. The highest BCUT2D eigenvalue weighted by Crippen LogP contribution is 2.32. The van der Waals surface area contributed by atoms with Gasteiger partial charge in [-0.1, -0.05) is 74.2 Å². The number of hydrogen-bond acceptors (Lipinski definition) is 4. The highest BCUT2D eigenvalue weighted by Gasteiger charge is 2.31. The molecule has 0 spiro atoms. The number of thioether (sulfide) groups is 1. The fourth-order valence-corrected chi connectivity index (χ4v) is 3.95. The van der Waals surface area contributed by atoms with E-state index in [0.29, 0.717) is 21.8 Å². The highest BCUT2D eigenvalue weighted by molar-refractivity contribution is 8.26. The number of nitrogens with one attached hydrogen (secondary N) is 1. The van der Waals surface area contributed by atoms with E-state index in [1.165, 1.54) is 22.9 Å². The number of aryl methyl sites for hydroxylation is 1. The van der Waals surface area contributed by atoms with E-state index in [9.17, 15) is 4.79 Å². The van der Waals surface area contributed by atoms with Crippen LogP contribution in [0.2, 0.25) is 0 Å². The molecule has 26 heavy (non-hydrogen) atoms. The molecule has 3 rings (SSSR count). The van der Waals surface area contributed by atoms with Crippen LogP contribution in [-0.4, -0.2) is 21.8 Å². The largest absolute Gasteiger partial charge is 0.367 e. The maximum atomic E-state index is 12.7. The minimum atomic E-state index is -0.0481. The van der Waals surface area contributed by atoms with Crippen LogP contribution in [0, 0.1) is 6.92 Å². The number of rotatable bonds is 5. The van der Waals surface area contributed by atoms with Gasteiger partial charge in [0.2, 0.25) is 0 Å². The second kappa shape index (κ2) is 8.06. The lowest BCUT2D eigenvalue weighted by Crippen LogP contribution is -2.33. The molecular formula is C21H22N2OS2. The molecule has 0 unspecified atom stereocenters. The number of carbonyl (C=O) groups is 1. The number of hydrogen-bond donors (Lipinski definition) is 1. The summed E-state index contributed by atoms with van der Waals surface area (Å²) in [5, 5.41) is 3.27. The van der Waals surface area contributed by atoms with E-state index < -0.39 is 0 Å². The summed E-state index contributed by atoms with van der Waals surface area (Å²) in [4.78, 5) is 15.0. The minimum absolute atomic E-state index is 0.0481. The van der Waals surface area contributed by atoms with E-state index >= 15 is 0 Å². The predicted molar refractivity (Wildman–Crippen MR) is 115 cm³/mol. The summed E-state index contributed by atoms with van der Waals surface area (Å²) in [5.41, 5.74) is 4.45. The van der Waals surface area contributed by atoms with Gasteiger partial charge in [-0.3, -0.25) is 9.69 Å². The quantitative estimate of drug-likeness (QED) is 0.555. The van der Waals surface area contributed by atoms with Gasteiger partial charge in [-0.15, -0.1) is 0 Å². The molecule has 1 aliphatic heterocycles. The van der Waals surface area contributed by atoms with Gasteiger partial charge in [-0.2, -0.15) is 0 Å². The predicted octanol–water partition coefficient (Wildman–Crippen LogP) is 5.39. The Morgan fingerprint density at radius 2 is 1.92 bits per heavy atom. The van der Waals surface area contributed by atoms with E-state index in [1.807, 2.05) is 49.4 Å². The van der Waals surface area contributed by atoms with Gasteiger partial charge in [0.1, 0.15) is 4.32 Å². The van der Waals surface area contributed by atoms with Crippen LogP contribution in [0.25, 0.3) is 6.08 Å². The molecule has 2 aromatic carbocycles. The second-order valence-corrected chi connectivity index (χ2v) is 8.31.